The van der Waals surface area contributed by atoms with Crippen molar-refractivity contribution in [2.24, 2.45) is 0 Å². The summed E-state index contributed by atoms with van der Waals surface area (Å²) in [4.78, 5) is 6.86. The van der Waals surface area contributed by atoms with Crippen LogP contribution in [-0.4, -0.2) is 11.5 Å². The van der Waals surface area contributed by atoms with Crippen molar-refractivity contribution in [1.29, 1.82) is 0 Å². The molecule has 54 heavy (non-hydrogen) atoms. The maximum absolute atomic E-state index is 4.28. The third kappa shape index (κ3) is 8.78. The van der Waals surface area contributed by atoms with Crippen molar-refractivity contribution in [3.05, 3.63) is 203 Å². The maximum Gasteiger partial charge on any atom is 0.0731 e. The molecule has 0 fully saturated rings. The van der Waals surface area contributed by atoms with Crippen LogP contribution in [0.2, 0.25) is 0 Å². The second-order valence-electron chi connectivity index (χ2n) is 14.5. The van der Waals surface area contributed by atoms with E-state index in [1.807, 2.05) is 12.3 Å². The van der Waals surface area contributed by atoms with E-state index >= 15 is 0 Å². The zero-order chi connectivity index (χ0) is 37.3. The summed E-state index contributed by atoms with van der Waals surface area (Å²) >= 11 is 0. The smallest absolute Gasteiger partial charge is 0.0731 e. The third-order valence-corrected chi connectivity index (χ3v) is 10.4. The summed E-state index contributed by atoms with van der Waals surface area (Å²) in [5, 5.41) is 3.89. The topological polar surface area (TPSA) is 16.1 Å². The highest BCUT2D eigenvalue weighted by Crippen LogP contribution is 2.31. The Morgan fingerprint density at radius 1 is 0.537 bits per heavy atom. The number of unbranched alkanes of at least 4 members (excludes halogenated alkanes) is 1. The minimum Gasteiger partial charge on any atom is -0.367 e. The lowest BCUT2D eigenvalue weighted by Crippen LogP contribution is -2.24. The van der Waals surface area contributed by atoms with Gasteiger partial charge in [-0.3, -0.25) is 4.98 Å². The Labute approximate surface area is 321 Å². The molecule has 8 aromatic rings. The molecule has 2 heteroatoms. The van der Waals surface area contributed by atoms with Gasteiger partial charge in [0, 0.05) is 30.4 Å². The molecule has 1 aromatic heterocycles. The Hall–Kier alpha value is -5.99. The van der Waals surface area contributed by atoms with Crippen molar-refractivity contribution in [3.8, 4) is 22.3 Å². The van der Waals surface area contributed by atoms with E-state index in [1.54, 1.807) is 0 Å². The minimum atomic E-state index is 0.906. The molecular formula is C52H50N2. The van der Waals surface area contributed by atoms with Crippen LogP contribution in [0, 0.1) is 20.8 Å². The van der Waals surface area contributed by atoms with Gasteiger partial charge in [-0.2, -0.15) is 0 Å². The summed E-state index contributed by atoms with van der Waals surface area (Å²) < 4.78 is 0. The van der Waals surface area contributed by atoms with Crippen LogP contribution in [0.15, 0.2) is 170 Å². The minimum absolute atomic E-state index is 0.906. The molecule has 0 spiro atoms. The van der Waals surface area contributed by atoms with Crippen LogP contribution in [-0.2, 0) is 13.0 Å². The number of aryl methyl sites for hydroxylation is 3. The summed E-state index contributed by atoms with van der Waals surface area (Å²) in [5.41, 5.74) is 15.5. The molecule has 8 rings (SSSR count). The van der Waals surface area contributed by atoms with Gasteiger partial charge in [-0.1, -0.05) is 159 Å². The molecule has 0 saturated carbocycles. The van der Waals surface area contributed by atoms with Crippen LogP contribution in [0.1, 0.15) is 53.1 Å². The maximum atomic E-state index is 4.28. The average Bonchev–Trinajstić information content (AvgIpc) is 3.21. The molecule has 268 valence electrons. The van der Waals surface area contributed by atoms with Gasteiger partial charge >= 0.3 is 0 Å². The van der Waals surface area contributed by atoms with Crippen molar-refractivity contribution >= 4 is 27.4 Å². The zero-order valence-electron chi connectivity index (χ0n) is 32.1. The molecule has 0 bridgehead atoms. The number of fused-ring (bicyclic) bond motifs is 2. The molecule has 2 nitrogen and oxygen atoms in total. The first-order chi connectivity index (χ1) is 26.4. The largest absolute Gasteiger partial charge is 0.367 e. The monoisotopic (exact) mass is 702 g/mol. The highest BCUT2D eigenvalue weighted by Gasteiger charge is 2.13. The summed E-state index contributed by atoms with van der Waals surface area (Å²) in [6, 6.07) is 59.3. The highest BCUT2D eigenvalue weighted by molar-refractivity contribution is 5.87. The van der Waals surface area contributed by atoms with E-state index in [4.69, 9.17) is 0 Å². The van der Waals surface area contributed by atoms with Crippen molar-refractivity contribution in [2.75, 3.05) is 11.4 Å². The van der Waals surface area contributed by atoms with Gasteiger partial charge in [-0.25, -0.2) is 0 Å². The van der Waals surface area contributed by atoms with Gasteiger partial charge in [0.1, 0.15) is 0 Å². The van der Waals surface area contributed by atoms with Crippen molar-refractivity contribution in [1.82, 2.24) is 4.98 Å². The van der Waals surface area contributed by atoms with Gasteiger partial charge in [-0.05, 0) is 118 Å². The average molecular weight is 703 g/mol. The molecule has 0 aliphatic heterocycles. The second-order valence-corrected chi connectivity index (χ2v) is 14.5. The Morgan fingerprint density at radius 2 is 1.22 bits per heavy atom. The van der Waals surface area contributed by atoms with Gasteiger partial charge in [0.2, 0.25) is 0 Å². The van der Waals surface area contributed by atoms with E-state index in [-0.39, 0.29) is 0 Å². The SMILES string of the molecule is CCCCN(Cc1ccc2ccc(Cc3cccc(-c4ccccc4)c3)cc2c1C)c1cc(C)cc(-c2ccccc2)c1.Cc1cccc2cccnc12. The van der Waals surface area contributed by atoms with Crippen LogP contribution in [0.4, 0.5) is 5.69 Å². The standard InChI is InChI=1S/C42H41N.C10H9N/c1-4-5-23-43(41-25-31(2)24-40(29-41)36-16-10-7-11-17-36)30-39-22-21-37-20-19-34(28-42(37)32(39)3)26-33-13-12-18-38(27-33)35-14-8-6-9-15-35;1-8-4-2-5-9-6-3-7-11-10(8)9/h6-22,24-25,27-29H,4-5,23,26,30H2,1-3H3;2-7H,1H3. The number of pyridine rings is 1. The van der Waals surface area contributed by atoms with Crippen LogP contribution in [0.25, 0.3) is 43.9 Å². The van der Waals surface area contributed by atoms with Crippen molar-refractivity contribution in [2.45, 2.75) is 53.5 Å². The summed E-state index contributed by atoms with van der Waals surface area (Å²) in [6.07, 6.45) is 5.11. The Kier molecular flexibility index (Phi) is 11.6. The first kappa shape index (κ1) is 36.4. The Bertz CT molecular complexity index is 2460. The molecule has 0 N–H and O–H groups in total. The van der Waals surface area contributed by atoms with E-state index in [9.17, 15) is 0 Å². The number of nitrogens with zero attached hydrogens (tertiary/aromatic N) is 2. The van der Waals surface area contributed by atoms with Gasteiger partial charge < -0.3 is 4.90 Å². The molecule has 0 saturated heterocycles. The molecule has 0 amide bonds. The Morgan fingerprint density at radius 3 is 1.98 bits per heavy atom. The molecule has 0 unspecified atom stereocenters. The third-order valence-electron chi connectivity index (χ3n) is 10.4. The lowest BCUT2D eigenvalue weighted by atomic mass is 9.94. The van der Waals surface area contributed by atoms with Gasteiger partial charge in [0.05, 0.1) is 5.52 Å². The molecule has 0 atom stereocenters. The fourth-order valence-corrected chi connectivity index (χ4v) is 7.42. The summed E-state index contributed by atoms with van der Waals surface area (Å²) in [7, 11) is 0. The van der Waals surface area contributed by atoms with E-state index in [0.29, 0.717) is 0 Å². The second kappa shape index (κ2) is 17.2. The lowest BCUT2D eigenvalue weighted by molar-refractivity contribution is 0.715. The molecular weight excluding hydrogens is 653 g/mol. The fraction of sp³-hybridized carbons (Fsp3) is 0.173. The quantitative estimate of drug-likeness (QED) is 0.141. The highest BCUT2D eigenvalue weighted by atomic mass is 15.1. The van der Waals surface area contributed by atoms with Gasteiger partial charge in [0.25, 0.3) is 0 Å². The number of hydrogen-bond acceptors (Lipinski definition) is 2. The molecule has 0 aliphatic rings. The number of aromatic nitrogens is 1. The van der Waals surface area contributed by atoms with Crippen LogP contribution in [0.3, 0.4) is 0 Å². The van der Waals surface area contributed by atoms with E-state index < -0.39 is 0 Å². The predicted octanol–water partition coefficient (Wildman–Crippen LogP) is 13.7. The van der Waals surface area contributed by atoms with Crippen molar-refractivity contribution < 1.29 is 0 Å². The number of anilines is 1. The van der Waals surface area contributed by atoms with E-state index in [0.717, 1.165) is 25.0 Å². The molecule has 0 radical (unpaired) electrons. The first-order valence-electron chi connectivity index (χ1n) is 19.3. The number of hydrogen-bond donors (Lipinski definition) is 0. The number of rotatable bonds is 10. The van der Waals surface area contributed by atoms with Crippen LogP contribution in [0.5, 0.6) is 0 Å². The molecule has 0 aliphatic carbocycles. The summed E-state index contributed by atoms with van der Waals surface area (Å²) in [5.74, 6) is 0. The van der Waals surface area contributed by atoms with E-state index in [1.165, 1.54) is 90.3 Å². The summed E-state index contributed by atoms with van der Waals surface area (Å²) in [6.45, 7) is 10.8. The van der Waals surface area contributed by atoms with Gasteiger partial charge in [-0.15, -0.1) is 0 Å². The van der Waals surface area contributed by atoms with Gasteiger partial charge in [0.15, 0.2) is 0 Å². The van der Waals surface area contributed by atoms with Crippen LogP contribution < -0.4 is 4.90 Å². The zero-order valence-corrected chi connectivity index (χ0v) is 32.1. The van der Waals surface area contributed by atoms with Crippen LogP contribution >= 0.6 is 0 Å². The fourth-order valence-electron chi connectivity index (χ4n) is 7.42. The molecule has 1 heterocycles. The number of para-hydroxylation sites is 1. The lowest BCUT2D eigenvalue weighted by Gasteiger charge is -2.27. The van der Waals surface area contributed by atoms with Crippen molar-refractivity contribution in [3.63, 3.8) is 0 Å². The Balaban J connectivity index is 0.000000348. The number of benzene rings is 7. The predicted molar refractivity (Wildman–Crippen MR) is 232 cm³/mol. The first-order valence-corrected chi connectivity index (χ1v) is 19.3. The normalized spacial score (nSPS) is 11.0. The van der Waals surface area contributed by atoms with E-state index in [2.05, 4.69) is 195 Å². The molecule has 7 aromatic carbocycles.